The molecule has 4 heterocycles. The molecule has 4 N–H and O–H groups in total. The number of oxazole rings is 1. The summed E-state index contributed by atoms with van der Waals surface area (Å²) in [5.41, 5.74) is 1.32. The van der Waals surface area contributed by atoms with Crippen LogP contribution in [-0.2, 0) is 11.2 Å². The van der Waals surface area contributed by atoms with Gasteiger partial charge in [-0.05, 0) is 11.5 Å². The highest BCUT2D eigenvalue weighted by molar-refractivity contribution is 7.09. The summed E-state index contributed by atoms with van der Waals surface area (Å²) in [5.74, 6) is -1.74. The van der Waals surface area contributed by atoms with Crippen LogP contribution in [0.15, 0.2) is 58.9 Å². The standard InChI is InChI=1S/C28H30N8O5S/c1-16(2)23-27-34-21(14-42-27)25(39)32-18(10-17-6-4-3-5-7-17)26-33-20(13-41-26)24(38)30-8-9-36(12-22(37)35-23)28(40)19-11-29-15-31-19/h3-7,11,13-16,18,23H,8-10,12H2,1-2H3,(H,29,31)(H,30,38)(H,32,39)(H,35,37)/t18-,23-/m0/s1. The molecule has 2 atom stereocenters. The average molecular weight is 591 g/mol. The van der Waals surface area contributed by atoms with Gasteiger partial charge in [0.15, 0.2) is 5.69 Å². The topological polar surface area (TPSA) is 175 Å². The molecular weight excluding hydrogens is 560 g/mol. The smallest absolute Gasteiger partial charge is 0.273 e. The molecule has 0 spiro atoms. The molecule has 14 heteroatoms. The fourth-order valence-electron chi connectivity index (χ4n) is 4.47. The zero-order valence-corrected chi connectivity index (χ0v) is 23.8. The van der Waals surface area contributed by atoms with Crippen LogP contribution >= 0.6 is 11.3 Å². The van der Waals surface area contributed by atoms with Crippen molar-refractivity contribution in [1.29, 1.82) is 0 Å². The van der Waals surface area contributed by atoms with E-state index in [0.29, 0.717) is 11.4 Å². The van der Waals surface area contributed by atoms with Gasteiger partial charge in [0.25, 0.3) is 17.7 Å². The van der Waals surface area contributed by atoms with E-state index in [0.717, 1.165) is 5.56 Å². The van der Waals surface area contributed by atoms with Crippen molar-refractivity contribution in [3.8, 4) is 0 Å². The Morgan fingerprint density at radius 3 is 2.64 bits per heavy atom. The third kappa shape index (κ3) is 6.71. The van der Waals surface area contributed by atoms with E-state index < -0.39 is 35.7 Å². The van der Waals surface area contributed by atoms with Gasteiger partial charge in [-0.3, -0.25) is 19.2 Å². The molecule has 0 fully saturated rings. The zero-order chi connectivity index (χ0) is 29.6. The molecule has 4 amide bonds. The van der Waals surface area contributed by atoms with Gasteiger partial charge in [0.1, 0.15) is 28.7 Å². The number of H-pyrrole nitrogens is 1. The minimum Gasteiger partial charge on any atom is -0.446 e. The van der Waals surface area contributed by atoms with E-state index >= 15 is 0 Å². The molecule has 5 rings (SSSR count). The number of nitrogens with zero attached hydrogens (tertiary/aromatic N) is 4. The molecule has 3 aromatic heterocycles. The maximum atomic E-state index is 13.3. The van der Waals surface area contributed by atoms with Crippen molar-refractivity contribution in [3.05, 3.63) is 88.0 Å². The summed E-state index contributed by atoms with van der Waals surface area (Å²) in [6, 6.07) is 8.32. The van der Waals surface area contributed by atoms with Crippen molar-refractivity contribution in [1.82, 2.24) is 40.8 Å². The monoisotopic (exact) mass is 590 g/mol. The Morgan fingerprint density at radius 1 is 1.10 bits per heavy atom. The van der Waals surface area contributed by atoms with Crippen molar-refractivity contribution >= 4 is 35.0 Å². The summed E-state index contributed by atoms with van der Waals surface area (Å²) in [6.07, 6.45) is 4.32. The maximum absolute atomic E-state index is 13.3. The molecule has 42 heavy (non-hydrogen) atoms. The molecule has 218 valence electrons. The van der Waals surface area contributed by atoms with Gasteiger partial charge in [-0.15, -0.1) is 11.3 Å². The third-order valence-electron chi connectivity index (χ3n) is 6.66. The molecule has 1 aromatic carbocycles. The van der Waals surface area contributed by atoms with Gasteiger partial charge >= 0.3 is 0 Å². The van der Waals surface area contributed by atoms with E-state index in [1.165, 1.54) is 35.0 Å². The fraction of sp³-hybridized carbons (Fsp3) is 0.321. The van der Waals surface area contributed by atoms with Gasteiger partial charge in [0, 0.05) is 24.9 Å². The van der Waals surface area contributed by atoms with Crippen LogP contribution in [0.25, 0.3) is 0 Å². The van der Waals surface area contributed by atoms with Crippen molar-refractivity contribution in [2.75, 3.05) is 19.6 Å². The summed E-state index contributed by atoms with van der Waals surface area (Å²) in [6.45, 7) is 3.67. The van der Waals surface area contributed by atoms with Crippen LogP contribution in [0, 0.1) is 5.92 Å². The number of nitrogens with one attached hydrogen (secondary N) is 4. The van der Waals surface area contributed by atoms with Crippen LogP contribution in [0.4, 0.5) is 0 Å². The van der Waals surface area contributed by atoms with Gasteiger partial charge in [0.2, 0.25) is 11.8 Å². The van der Waals surface area contributed by atoms with E-state index in [1.54, 1.807) is 5.38 Å². The lowest BCUT2D eigenvalue weighted by molar-refractivity contribution is -0.122. The van der Waals surface area contributed by atoms with Crippen LogP contribution in [0.5, 0.6) is 0 Å². The molecule has 1 aliphatic rings. The molecule has 0 unspecified atom stereocenters. The number of rotatable bonds is 4. The molecule has 4 aromatic rings. The van der Waals surface area contributed by atoms with Crippen LogP contribution in [0.1, 0.15) is 73.9 Å². The summed E-state index contributed by atoms with van der Waals surface area (Å²) in [5, 5.41) is 10.8. The molecule has 0 saturated carbocycles. The predicted octanol–water partition coefficient (Wildman–Crippen LogP) is 2.27. The first-order chi connectivity index (χ1) is 20.3. The highest BCUT2D eigenvalue weighted by atomic mass is 32.1. The first kappa shape index (κ1) is 28.7. The van der Waals surface area contributed by atoms with Crippen molar-refractivity contribution in [2.24, 2.45) is 5.92 Å². The van der Waals surface area contributed by atoms with Gasteiger partial charge in [-0.2, -0.15) is 0 Å². The lowest BCUT2D eigenvalue weighted by Gasteiger charge is -2.25. The number of carbonyl (C=O) groups excluding carboxylic acids is 4. The molecule has 0 radical (unpaired) electrons. The molecule has 1 aliphatic heterocycles. The Hall–Kier alpha value is -4.85. The van der Waals surface area contributed by atoms with Gasteiger partial charge in [-0.1, -0.05) is 44.2 Å². The van der Waals surface area contributed by atoms with Gasteiger partial charge in [-0.25, -0.2) is 15.0 Å². The molecule has 4 bridgehead atoms. The molecule has 13 nitrogen and oxygen atoms in total. The normalized spacial score (nSPS) is 18.5. The molecule has 0 aliphatic carbocycles. The number of carbonyl (C=O) groups is 4. The number of hydrogen-bond donors (Lipinski definition) is 4. The number of thiazole rings is 1. The first-order valence-electron chi connectivity index (χ1n) is 13.4. The average Bonchev–Trinajstić information content (AvgIpc) is 3.77. The second kappa shape index (κ2) is 12.8. The van der Waals surface area contributed by atoms with Crippen LogP contribution in [-0.4, -0.2) is 68.1 Å². The number of hydrogen-bond acceptors (Lipinski definition) is 9. The SMILES string of the molecule is CC(C)[C@@H]1NC(=O)CN(C(=O)c2cnc[nH]2)CCNC(=O)c2coc(n2)[C@H](Cc2ccccc2)NC(=O)c2csc1n2. The van der Waals surface area contributed by atoms with E-state index in [4.69, 9.17) is 4.42 Å². The number of amides is 4. The zero-order valence-electron chi connectivity index (χ0n) is 23.0. The second-order valence-corrected chi connectivity index (χ2v) is 11.0. The van der Waals surface area contributed by atoms with E-state index in [-0.39, 0.29) is 48.5 Å². The second-order valence-electron chi connectivity index (χ2n) is 10.1. The van der Waals surface area contributed by atoms with E-state index in [1.807, 2.05) is 44.2 Å². The largest absolute Gasteiger partial charge is 0.446 e. The Morgan fingerprint density at radius 2 is 1.90 bits per heavy atom. The number of imidazole rings is 1. The number of fused-ring (bicyclic) bond motifs is 4. The van der Waals surface area contributed by atoms with E-state index in [2.05, 4.69) is 35.9 Å². The van der Waals surface area contributed by atoms with Gasteiger partial charge in [0.05, 0.1) is 25.1 Å². The molecule has 0 saturated heterocycles. The summed E-state index contributed by atoms with van der Waals surface area (Å²) < 4.78 is 5.66. The quantitative estimate of drug-likeness (QED) is 0.280. The van der Waals surface area contributed by atoms with Crippen molar-refractivity contribution < 1.29 is 23.6 Å². The predicted molar refractivity (Wildman–Crippen MR) is 152 cm³/mol. The lowest BCUT2D eigenvalue weighted by atomic mass is 10.0. The van der Waals surface area contributed by atoms with Crippen LogP contribution in [0.3, 0.4) is 0 Å². The Labute approximate surface area is 245 Å². The number of benzene rings is 1. The lowest BCUT2D eigenvalue weighted by Crippen LogP contribution is -2.45. The highest BCUT2D eigenvalue weighted by Gasteiger charge is 2.28. The summed E-state index contributed by atoms with van der Waals surface area (Å²) in [4.78, 5) is 69.4. The minimum atomic E-state index is -0.686. The third-order valence-corrected chi connectivity index (χ3v) is 7.59. The van der Waals surface area contributed by atoms with E-state index in [9.17, 15) is 19.2 Å². The minimum absolute atomic E-state index is 0.0123. The summed E-state index contributed by atoms with van der Waals surface area (Å²) >= 11 is 1.26. The van der Waals surface area contributed by atoms with Crippen molar-refractivity contribution in [2.45, 2.75) is 32.4 Å². The van der Waals surface area contributed by atoms with Crippen LogP contribution < -0.4 is 16.0 Å². The Bertz CT molecular complexity index is 1550. The van der Waals surface area contributed by atoms with Crippen molar-refractivity contribution in [3.63, 3.8) is 0 Å². The van der Waals surface area contributed by atoms with Gasteiger partial charge < -0.3 is 30.3 Å². The summed E-state index contributed by atoms with van der Waals surface area (Å²) in [7, 11) is 0. The van der Waals surface area contributed by atoms with Crippen LogP contribution in [0.2, 0.25) is 0 Å². The number of aromatic amines is 1. The Balaban J connectivity index is 1.47. The fourth-order valence-corrected chi connectivity index (χ4v) is 5.49. The molecular formula is C28H30N8O5S. The number of aromatic nitrogens is 4. The highest BCUT2D eigenvalue weighted by Crippen LogP contribution is 2.26. The maximum Gasteiger partial charge on any atom is 0.273 e. The Kier molecular flexibility index (Phi) is 8.71. The first-order valence-corrected chi connectivity index (χ1v) is 14.3.